The molecule has 0 spiro atoms. The molecule has 0 saturated heterocycles. The second-order valence-electron chi connectivity index (χ2n) is 5.17. The van der Waals surface area contributed by atoms with Crippen molar-refractivity contribution in [3.05, 3.63) is 71.8 Å². The zero-order valence-corrected chi connectivity index (χ0v) is 13.9. The monoisotopic (exact) mass is 361 g/mol. The van der Waals surface area contributed by atoms with Crippen LogP contribution in [0.2, 0.25) is 0 Å². The molecule has 1 aliphatic heterocycles. The molecule has 2 N–H and O–H groups in total. The van der Waals surface area contributed by atoms with Crippen LogP contribution in [0.25, 0.3) is 0 Å². The Hall–Kier alpha value is -2.37. The molecule has 0 aromatic heterocycles. The first-order valence-corrected chi connectivity index (χ1v) is 8.02. The van der Waals surface area contributed by atoms with Gasteiger partial charge in [-0.2, -0.15) is 0 Å². The number of rotatable bonds is 4. The van der Waals surface area contributed by atoms with Crippen LogP contribution in [0, 0.1) is 0 Å². The largest absolute Gasteiger partial charge is 0.318 e. The van der Waals surface area contributed by atoms with E-state index >= 15 is 0 Å². The van der Waals surface area contributed by atoms with E-state index in [9.17, 15) is 9.59 Å². The summed E-state index contributed by atoms with van der Waals surface area (Å²) in [5.41, 5.74) is -0.709. The van der Waals surface area contributed by atoms with Gasteiger partial charge in [-0.05, 0) is 12.1 Å². The highest BCUT2D eigenvalue weighted by atomic mass is 35.5. The lowest BCUT2D eigenvalue weighted by atomic mass is 10.1. The number of nitrogens with zero attached hydrogens (tertiary/aromatic N) is 1. The van der Waals surface area contributed by atoms with E-state index in [-0.39, 0.29) is 0 Å². The number of alkyl halides is 2. The molecule has 0 radical (unpaired) electrons. The van der Waals surface area contributed by atoms with Crippen molar-refractivity contribution in [1.82, 2.24) is 10.6 Å². The highest BCUT2D eigenvalue weighted by Gasteiger charge is 2.50. The summed E-state index contributed by atoms with van der Waals surface area (Å²) in [7, 11) is 0. The molecule has 0 saturated carbocycles. The van der Waals surface area contributed by atoms with Crippen molar-refractivity contribution in [2.45, 2.75) is 10.5 Å². The summed E-state index contributed by atoms with van der Waals surface area (Å²) in [6.45, 7) is 0. The van der Waals surface area contributed by atoms with Crippen LogP contribution in [0.1, 0.15) is 15.9 Å². The highest BCUT2D eigenvalue weighted by molar-refractivity contribution is 6.47. The molecule has 0 unspecified atom stereocenters. The number of nitrogens with one attached hydrogen (secondary N) is 2. The third-order valence-electron chi connectivity index (χ3n) is 3.57. The number of benzene rings is 2. The minimum Gasteiger partial charge on any atom is -0.318 e. The molecule has 24 heavy (non-hydrogen) atoms. The van der Waals surface area contributed by atoms with E-state index in [0.717, 1.165) is 0 Å². The maximum absolute atomic E-state index is 12.5. The van der Waals surface area contributed by atoms with Crippen molar-refractivity contribution in [1.29, 1.82) is 0 Å². The van der Waals surface area contributed by atoms with Crippen molar-refractivity contribution >= 4 is 40.9 Å². The van der Waals surface area contributed by atoms with Crippen LogP contribution in [0.15, 0.2) is 65.7 Å². The minimum atomic E-state index is -1.78. The molecule has 0 aliphatic carbocycles. The van der Waals surface area contributed by atoms with Gasteiger partial charge in [0.1, 0.15) is 5.84 Å². The zero-order valence-electron chi connectivity index (χ0n) is 12.4. The number of carbonyl (C=O) groups excluding carboxylic acids is 2. The van der Waals surface area contributed by atoms with Gasteiger partial charge in [0.05, 0.1) is 0 Å². The molecule has 0 bridgehead atoms. The number of amides is 2. The lowest BCUT2D eigenvalue weighted by Crippen LogP contribution is -2.58. The molecule has 122 valence electrons. The quantitative estimate of drug-likeness (QED) is 0.821. The summed E-state index contributed by atoms with van der Waals surface area (Å²) in [6.07, 6.45) is 0. The minimum absolute atomic E-state index is 0.306. The number of hydrogen-bond acceptors (Lipinski definition) is 3. The van der Waals surface area contributed by atoms with Gasteiger partial charge >= 0.3 is 0 Å². The fourth-order valence-electron chi connectivity index (χ4n) is 2.31. The lowest BCUT2D eigenvalue weighted by Gasteiger charge is -2.25. The van der Waals surface area contributed by atoms with Gasteiger partial charge < -0.3 is 10.6 Å². The average Bonchev–Trinajstić information content (AvgIpc) is 2.94. The Morgan fingerprint density at radius 3 is 2.21 bits per heavy atom. The number of carbonyl (C=O) groups is 2. The molecule has 1 atom stereocenters. The van der Waals surface area contributed by atoms with Crippen LogP contribution < -0.4 is 10.6 Å². The van der Waals surface area contributed by atoms with Crippen LogP contribution in [0.5, 0.6) is 0 Å². The highest BCUT2D eigenvalue weighted by Crippen LogP contribution is 2.27. The van der Waals surface area contributed by atoms with Gasteiger partial charge in [-0.1, -0.05) is 71.7 Å². The van der Waals surface area contributed by atoms with Crippen LogP contribution in [-0.2, 0) is 4.79 Å². The Morgan fingerprint density at radius 2 is 1.62 bits per heavy atom. The topological polar surface area (TPSA) is 70.6 Å². The van der Waals surface area contributed by atoms with E-state index < -0.39 is 22.3 Å². The van der Waals surface area contributed by atoms with Gasteiger partial charge in [-0.15, -0.1) is 0 Å². The fraction of sp³-hybridized carbons (Fsp3) is 0.118. The summed E-state index contributed by atoms with van der Waals surface area (Å²) < 4.78 is 0. The molecule has 1 aliphatic rings. The van der Waals surface area contributed by atoms with E-state index in [1.807, 2.05) is 18.2 Å². The van der Waals surface area contributed by atoms with Crippen LogP contribution in [-0.4, -0.2) is 28.1 Å². The van der Waals surface area contributed by atoms with E-state index in [1.165, 1.54) is 0 Å². The fourth-order valence-corrected chi connectivity index (χ4v) is 2.72. The molecule has 7 heteroatoms. The van der Waals surface area contributed by atoms with Crippen LogP contribution in [0.4, 0.5) is 0 Å². The Balaban J connectivity index is 1.95. The van der Waals surface area contributed by atoms with Gasteiger partial charge in [0.25, 0.3) is 11.8 Å². The van der Waals surface area contributed by atoms with Gasteiger partial charge in [-0.3, -0.25) is 9.59 Å². The van der Waals surface area contributed by atoms with Gasteiger partial charge in [-0.25, -0.2) is 4.99 Å². The van der Waals surface area contributed by atoms with Crippen molar-refractivity contribution in [3.8, 4) is 0 Å². The standard InChI is InChI=1S/C17H13Cl2N3O2/c18-15(19)17(22-14(23)12-9-5-2-6-10-12)16(24)20-13(21-17)11-7-3-1-4-8-11/h1-10,15H,(H,22,23)(H,20,21,24)/t17-/m1/s1. The Morgan fingerprint density at radius 1 is 1.04 bits per heavy atom. The summed E-state index contributed by atoms with van der Waals surface area (Å²) in [5, 5.41) is 5.18. The Bertz CT molecular complexity index is 794. The molecule has 2 amide bonds. The van der Waals surface area contributed by atoms with Gasteiger partial charge in [0, 0.05) is 11.1 Å². The second-order valence-corrected chi connectivity index (χ2v) is 6.26. The normalized spacial score (nSPS) is 19.8. The molecule has 1 heterocycles. The summed E-state index contributed by atoms with van der Waals surface area (Å²) in [5.74, 6) is -0.768. The van der Waals surface area contributed by atoms with Crippen molar-refractivity contribution in [2.75, 3.05) is 0 Å². The molecular formula is C17H13Cl2N3O2. The number of amidine groups is 1. The van der Waals surface area contributed by atoms with Crippen molar-refractivity contribution in [2.24, 2.45) is 4.99 Å². The van der Waals surface area contributed by atoms with Crippen LogP contribution >= 0.6 is 23.2 Å². The molecule has 5 nitrogen and oxygen atoms in total. The summed E-state index contributed by atoms with van der Waals surface area (Å²) in [4.78, 5) is 27.9. The molecule has 2 aromatic rings. The molecule has 0 fully saturated rings. The Labute approximate surface area is 148 Å². The number of aliphatic imine (C=N–C) groups is 1. The third kappa shape index (κ3) is 3.00. The van der Waals surface area contributed by atoms with Crippen LogP contribution in [0.3, 0.4) is 0 Å². The van der Waals surface area contributed by atoms with E-state index in [4.69, 9.17) is 23.2 Å². The summed E-state index contributed by atoms with van der Waals surface area (Å²) in [6, 6.07) is 17.5. The predicted octanol–water partition coefficient (Wildman–Crippen LogP) is 2.49. The third-order valence-corrected chi connectivity index (χ3v) is 4.20. The molecule has 2 aromatic carbocycles. The smallest absolute Gasteiger partial charge is 0.277 e. The number of hydrogen-bond donors (Lipinski definition) is 2. The number of halogens is 2. The van der Waals surface area contributed by atoms with Gasteiger partial charge in [0.15, 0.2) is 4.84 Å². The van der Waals surface area contributed by atoms with E-state index in [1.54, 1.807) is 42.5 Å². The zero-order chi connectivity index (χ0) is 17.2. The predicted molar refractivity (Wildman–Crippen MR) is 93.3 cm³/mol. The van der Waals surface area contributed by atoms with Crippen molar-refractivity contribution < 1.29 is 9.59 Å². The molecular weight excluding hydrogens is 349 g/mol. The maximum atomic E-state index is 12.5. The average molecular weight is 362 g/mol. The van der Waals surface area contributed by atoms with Gasteiger partial charge in [0.2, 0.25) is 5.66 Å². The maximum Gasteiger partial charge on any atom is 0.277 e. The van der Waals surface area contributed by atoms with Crippen molar-refractivity contribution in [3.63, 3.8) is 0 Å². The second kappa shape index (κ2) is 6.63. The lowest BCUT2D eigenvalue weighted by molar-refractivity contribution is -0.124. The first kappa shape index (κ1) is 16.5. The van der Waals surface area contributed by atoms with E-state index in [0.29, 0.717) is 17.0 Å². The Kier molecular flexibility index (Phi) is 4.55. The SMILES string of the molecule is O=C(N[C@@]1(C(Cl)Cl)N=C(c2ccccc2)NC1=O)c1ccccc1. The first-order chi connectivity index (χ1) is 11.5. The first-order valence-electron chi connectivity index (χ1n) is 7.15. The van der Waals surface area contributed by atoms with E-state index in [2.05, 4.69) is 15.6 Å². The summed E-state index contributed by atoms with van der Waals surface area (Å²) >= 11 is 12.0. The molecule has 3 rings (SSSR count).